The molecule has 0 aromatic heterocycles. The van der Waals surface area contributed by atoms with Crippen molar-refractivity contribution in [3.05, 3.63) is 59.9 Å². The number of para-hydroxylation sites is 1. The molecule has 0 bridgehead atoms. The number of urea groups is 1. The van der Waals surface area contributed by atoms with Crippen molar-refractivity contribution in [2.24, 2.45) is 0 Å². The van der Waals surface area contributed by atoms with Crippen LogP contribution in [-0.4, -0.2) is 67.6 Å². The average Bonchev–Trinajstić information content (AvgIpc) is 3.08. The molecular weight excluding hydrogens is 371 g/mol. The van der Waals surface area contributed by atoms with E-state index in [2.05, 4.69) is 30.0 Å². The summed E-state index contributed by atoms with van der Waals surface area (Å²) in [6.45, 7) is 5.71. The number of anilines is 2. The topological polar surface area (TPSA) is 47.1 Å². The number of nitrogens with zero attached hydrogens (tertiary/aromatic N) is 4. The van der Waals surface area contributed by atoms with Crippen LogP contribution in [0.1, 0.15) is 5.56 Å². The van der Waals surface area contributed by atoms with E-state index in [0.717, 1.165) is 13.1 Å². The summed E-state index contributed by atoms with van der Waals surface area (Å²) in [6.07, 6.45) is 0. The Morgan fingerprint density at radius 3 is 2.45 bits per heavy atom. The minimum atomic E-state index is -0.429. The summed E-state index contributed by atoms with van der Waals surface area (Å²) in [6, 6.07) is 14.3. The van der Waals surface area contributed by atoms with Gasteiger partial charge in [-0.1, -0.05) is 24.3 Å². The van der Waals surface area contributed by atoms with Gasteiger partial charge in [-0.3, -0.25) is 9.69 Å². The number of amides is 3. The molecule has 0 atom stereocenters. The quantitative estimate of drug-likeness (QED) is 0.799. The minimum absolute atomic E-state index is 0.0359. The Balaban J connectivity index is 1.32. The SMILES string of the molecule is Cc1cccc(N2CCN(C(=O)CN3CCN(c4ccccc4F)C3=O)CC2)c1. The molecule has 0 spiro atoms. The largest absolute Gasteiger partial charge is 0.368 e. The fourth-order valence-electron chi connectivity index (χ4n) is 3.93. The van der Waals surface area contributed by atoms with Gasteiger partial charge in [-0.25, -0.2) is 9.18 Å². The molecule has 2 saturated heterocycles. The van der Waals surface area contributed by atoms with E-state index in [1.54, 1.807) is 18.2 Å². The van der Waals surface area contributed by atoms with E-state index in [1.165, 1.54) is 27.1 Å². The molecule has 2 aliphatic heterocycles. The Bertz CT molecular complexity index is 911. The molecule has 6 nitrogen and oxygen atoms in total. The number of carbonyl (C=O) groups excluding carboxylic acids is 2. The van der Waals surface area contributed by atoms with Crippen LogP contribution in [0, 0.1) is 12.7 Å². The maximum absolute atomic E-state index is 14.0. The highest BCUT2D eigenvalue weighted by Gasteiger charge is 2.33. The molecule has 2 fully saturated rings. The van der Waals surface area contributed by atoms with Gasteiger partial charge in [0.2, 0.25) is 5.91 Å². The van der Waals surface area contributed by atoms with Gasteiger partial charge in [-0.15, -0.1) is 0 Å². The molecule has 0 radical (unpaired) electrons. The first-order chi connectivity index (χ1) is 14.0. The van der Waals surface area contributed by atoms with Gasteiger partial charge in [-0.05, 0) is 36.8 Å². The van der Waals surface area contributed by atoms with Gasteiger partial charge < -0.3 is 14.7 Å². The predicted molar refractivity (Wildman–Crippen MR) is 111 cm³/mol. The normalized spacial score (nSPS) is 17.2. The lowest BCUT2D eigenvalue weighted by Crippen LogP contribution is -2.51. The molecule has 3 amide bonds. The third-order valence-corrected chi connectivity index (χ3v) is 5.56. The maximum atomic E-state index is 14.0. The number of hydrogen-bond donors (Lipinski definition) is 0. The first-order valence-corrected chi connectivity index (χ1v) is 9.93. The van der Waals surface area contributed by atoms with E-state index in [0.29, 0.717) is 26.2 Å². The molecular formula is C22H25FN4O2. The molecule has 0 unspecified atom stereocenters. The van der Waals surface area contributed by atoms with Crippen LogP contribution in [0.2, 0.25) is 0 Å². The highest BCUT2D eigenvalue weighted by atomic mass is 19.1. The molecule has 2 aromatic carbocycles. The number of aryl methyl sites for hydroxylation is 1. The lowest BCUT2D eigenvalue weighted by atomic mass is 10.2. The summed E-state index contributed by atoms with van der Waals surface area (Å²) < 4.78 is 14.0. The third kappa shape index (κ3) is 4.04. The second kappa shape index (κ2) is 8.11. The van der Waals surface area contributed by atoms with Gasteiger partial charge >= 0.3 is 6.03 Å². The van der Waals surface area contributed by atoms with Crippen LogP contribution in [0.25, 0.3) is 0 Å². The van der Waals surface area contributed by atoms with Crippen molar-refractivity contribution < 1.29 is 14.0 Å². The van der Waals surface area contributed by atoms with Crippen LogP contribution in [0.5, 0.6) is 0 Å². The molecule has 0 aliphatic carbocycles. The molecule has 7 heteroatoms. The lowest BCUT2D eigenvalue weighted by molar-refractivity contribution is -0.131. The molecule has 0 saturated carbocycles. The molecule has 4 rings (SSSR count). The van der Waals surface area contributed by atoms with Gasteiger partial charge in [-0.2, -0.15) is 0 Å². The Hall–Kier alpha value is -3.09. The smallest absolute Gasteiger partial charge is 0.325 e. The van der Waals surface area contributed by atoms with Crippen molar-refractivity contribution in [2.75, 3.05) is 55.6 Å². The van der Waals surface area contributed by atoms with Crippen LogP contribution in [-0.2, 0) is 4.79 Å². The van der Waals surface area contributed by atoms with E-state index < -0.39 is 5.82 Å². The van der Waals surface area contributed by atoms with E-state index in [1.807, 2.05) is 11.0 Å². The summed E-state index contributed by atoms with van der Waals surface area (Å²) in [5.41, 5.74) is 2.65. The highest BCUT2D eigenvalue weighted by molar-refractivity contribution is 5.96. The van der Waals surface area contributed by atoms with Crippen LogP contribution in [0.15, 0.2) is 48.5 Å². The first-order valence-electron chi connectivity index (χ1n) is 9.93. The molecule has 29 heavy (non-hydrogen) atoms. The van der Waals surface area contributed by atoms with Gasteiger partial charge in [0.1, 0.15) is 12.4 Å². The molecule has 2 aromatic rings. The highest BCUT2D eigenvalue weighted by Crippen LogP contribution is 2.23. The van der Waals surface area contributed by atoms with Crippen molar-refractivity contribution in [3.63, 3.8) is 0 Å². The van der Waals surface area contributed by atoms with Crippen molar-refractivity contribution in [2.45, 2.75) is 6.92 Å². The maximum Gasteiger partial charge on any atom is 0.325 e. The number of halogens is 1. The summed E-state index contributed by atoms with van der Waals surface area (Å²) in [7, 11) is 0. The van der Waals surface area contributed by atoms with Gasteiger partial charge in [0.15, 0.2) is 0 Å². The van der Waals surface area contributed by atoms with E-state index >= 15 is 0 Å². The summed E-state index contributed by atoms with van der Waals surface area (Å²) in [5, 5.41) is 0. The van der Waals surface area contributed by atoms with Crippen LogP contribution in [0.4, 0.5) is 20.6 Å². The third-order valence-electron chi connectivity index (χ3n) is 5.56. The zero-order valence-electron chi connectivity index (χ0n) is 16.6. The van der Waals surface area contributed by atoms with Crippen molar-refractivity contribution in [3.8, 4) is 0 Å². The fourth-order valence-corrected chi connectivity index (χ4v) is 3.93. The lowest BCUT2D eigenvalue weighted by Gasteiger charge is -2.36. The van der Waals surface area contributed by atoms with Crippen molar-refractivity contribution in [1.29, 1.82) is 0 Å². The standard InChI is InChI=1S/C22H25FN4O2/c1-17-5-4-6-18(15-17)24-9-11-25(12-10-24)21(28)16-26-13-14-27(22(26)29)20-8-3-2-7-19(20)23/h2-8,15H,9-14,16H2,1H3. The number of rotatable bonds is 4. The Morgan fingerprint density at radius 2 is 1.72 bits per heavy atom. The zero-order chi connectivity index (χ0) is 20.4. The predicted octanol–water partition coefficient (Wildman–Crippen LogP) is 2.72. The Labute approximate surface area is 170 Å². The van der Waals surface area contributed by atoms with Crippen LogP contribution >= 0.6 is 0 Å². The number of carbonyl (C=O) groups is 2. The van der Waals surface area contributed by atoms with Crippen LogP contribution < -0.4 is 9.80 Å². The molecule has 152 valence electrons. The zero-order valence-corrected chi connectivity index (χ0v) is 16.6. The summed E-state index contributed by atoms with van der Waals surface area (Å²) in [5.74, 6) is -0.487. The summed E-state index contributed by atoms with van der Waals surface area (Å²) >= 11 is 0. The van der Waals surface area contributed by atoms with E-state index in [9.17, 15) is 14.0 Å². The number of hydrogen-bond acceptors (Lipinski definition) is 3. The monoisotopic (exact) mass is 396 g/mol. The summed E-state index contributed by atoms with van der Waals surface area (Å²) in [4.78, 5) is 32.4. The first kappa shape index (κ1) is 19.2. The van der Waals surface area contributed by atoms with Gasteiger partial charge in [0.25, 0.3) is 0 Å². The molecule has 0 N–H and O–H groups in total. The number of piperazine rings is 1. The Kier molecular flexibility index (Phi) is 5.38. The fraction of sp³-hybridized carbons (Fsp3) is 0.364. The molecule has 2 heterocycles. The molecule has 2 aliphatic rings. The van der Waals surface area contributed by atoms with E-state index in [-0.39, 0.29) is 24.2 Å². The van der Waals surface area contributed by atoms with Gasteiger partial charge in [0, 0.05) is 45.0 Å². The minimum Gasteiger partial charge on any atom is -0.368 e. The van der Waals surface area contributed by atoms with E-state index in [4.69, 9.17) is 0 Å². The Morgan fingerprint density at radius 1 is 0.966 bits per heavy atom. The average molecular weight is 396 g/mol. The van der Waals surface area contributed by atoms with Crippen LogP contribution in [0.3, 0.4) is 0 Å². The van der Waals surface area contributed by atoms with Crippen molar-refractivity contribution >= 4 is 23.3 Å². The van der Waals surface area contributed by atoms with Crippen molar-refractivity contribution in [1.82, 2.24) is 9.80 Å². The van der Waals surface area contributed by atoms with Gasteiger partial charge in [0.05, 0.1) is 5.69 Å². The number of benzene rings is 2. The second-order valence-electron chi connectivity index (χ2n) is 7.51. The second-order valence-corrected chi connectivity index (χ2v) is 7.51.